The Morgan fingerprint density at radius 3 is 2.38 bits per heavy atom. The van der Waals surface area contributed by atoms with E-state index in [-0.39, 0.29) is 35.3 Å². The molecule has 0 amide bonds. The molecule has 0 aliphatic heterocycles. The number of hydrogen-bond acceptors (Lipinski definition) is 4. The summed E-state index contributed by atoms with van der Waals surface area (Å²) < 4.78 is 10.6. The minimum atomic E-state index is -0.176. The fraction of sp³-hybridized carbons (Fsp3) is 0.800. The van der Waals surface area contributed by atoms with E-state index in [4.69, 9.17) is 9.47 Å². The van der Waals surface area contributed by atoms with Gasteiger partial charge in [-0.2, -0.15) is 0 Å². The van der Waals surface area contributed by atoms with Crippen molar-refractivity contribution in [3.63, 3.8) is 0 Å². The van der Waals surface area contributed by atoms with Gasteiger partial charge in [0.25, 0.3) is 0 Å². The molecule has 5 atom stereocenters. The molecular formula is C20H32O4. The average Bonchev–Trinajstić information content (AvgIpc) is 2.55. The minimum Gasteiger partial charge on any atom is -0.469 e. The van der Waals surface area contributed by atoms with Crippen LogP contribution in [0.2, 0.25) is 0 Å². The smallest absolute Gasteiger partial charge is 0.308 e. The van der Waals surface area contributed by atoms with E-state index in [2.05, 4.69) is 13.5 Å². The van der Waals surface area contributed by atoms with Gasteiger partial charge in [-0.05, 0) is 54.9 Å². The number of carbonyl (C=O) groups is 2. The van der Waals surface area contributed by atoms with E-state index in [9.17, 15) is 9.59 Å². The molecule has 0 heterocycles. The third-order valence-corrected chi connectivity index (χ3v) is 6.31. The van der Waals surface area contributed by atoms with Gasteiger partial charge < -0.3 is 9.47 Å². The first kappa shape index (κ1) is 19.0. The molecule has 136 valence electrons. The molecule has 0 aromatic heterocycles. The molecule has 0 bridgehead atoms. The van der Waals surface area contributed by atoms with Gasteiger partial charge in [-0.25, -0.2) is 0 Å². The van der Waals surface area contributed by atoms with Crippen molar-refractivity contribution in [2.45, 2.75) is 65.9 Å². The lowest BCUT2D eigenvalue weighted by Crippen LogP contribution is -2.45. The molecule has 0 saturated heterocycles. The molecule has 2 fully saturated rings. The second kappa shape index (κ2) is 7.28. The summed E-state index contributed by atoms with van der Waals surface area (Å²) in [6.45, 7) is 12.3. The van der Waals surface area contributed by atoms with Crippen molar-refractivity contribution in [3.05, 3.63) is 12.2 Å². The summed E-state index contributed by atoms with van der Waals surface area (Å²) in [6, 6.07) is 0. The van der Waals surface area contributed by atoms with Crippen LogP contribution >= 0.6 is 0 Å². The fourth-order valence-electron chi connectivity index (χ4n) is 4.41. The maximum absolute atomic E-state index is 12.0. The third kappa shape index (κ3) is 3.68. The van der Waals surface area contributed by atoms with Crippen molar-refractivity contribution in [2.24, 2.45) is 29.1 Å². The molecule has 2 aliphatic rings. The zero-order valence-electron chi connectivity index (χ0n) is 15.8. The van der Waals surface area contributed by atoms with E-state index < -0.39 is 0 Å². The Kier molecular flexibility index (Phi) is 5.77. The molecule has 2 aliphatic carbocycles. The topological polar surface area (TPSA) is 52.6 Å². The lowest BCUT2D eigenvalue weighted by molar-refractivity contribution is -0.154. The standard InChI is InChI=1S/C20H32O4/c1-12(2)18(21)24-17-8-10-20(5)9-7-15(11-16(20)14(17)4)13(3)19(22)23-6/h12-13,15-17H,4,7-11H2,1-3,5-6H3/t13-,15-,16+,17+,20+/m1/s1. The van der Waals surface area contributed by atoms with E-state index in [1.54, 1.807) is 0 Å². The highest BCUT2D eigenvalue weighted by Crippen LogP contribution is 2.55. The Morgan fingerprint density at radius 1 is 1.17 bits per heavy atom. The minimum absolute atomic E-state index is 0.0917. The van der Waals surface area contributed by atoms with Crippen LogP contribution < -0.4 is 0 Å². The predicted octanol–water partition coefficient (Wildman–Crippen LogP) is 4.14. The first-order chi connectivity index (χ1) is 11.2. The summed E-state index contributed by atoms with van der Waals surface area (Å²) in [6.07, 6.45) is 4.81. The van der Waals surface area contributed by atoms with Crippen LogP contribution in [0.25, 0.3) is 0 Å². The number of esters is 2. The second-order valence-corrected chi connectivity index (χ2v) is 8.25. The number of methoxy groups -OCH3 is 1. The molecule has 24 heavy (non-hydrogen) atoms. The Balaban J connectivity index is 2.10. The van der Waals surface area contributed by atoms with Gasteiger partial charge in [0, 0.05) is 0 Å². The molecule has 0 spiro atoms. The molecule has 0 N–H and O–H groups in total. The molecule has 0 aromatic carbocycles. The van der Waals surface area contributed by atoms with Crippen molar-refractivity contribution in [2.75, 3.05) is 7.11 Å². The van der Waals surface area contributed by atoms with Gasteiger partial charge in [0.15, 0.2) is 0 Å². The van der Waals surface area contributed by atoms with Crippen LogP contribution in [-0.4, -0.2) is 25.2 Å². The van der Waals surface area contributed by atoms with Gasteiger partial charge in [0.1, 0.15) is 6.10 Å². The highest BCUT2D eigenvalue weighted by atomic mass is 16.5. The summed E-state index contributed by atoms with van der Waals surface area (Å²) in [7, 11) is 1.45. The molecule has 2 saturated carbocycles. The van der Waals surface area contributed by atoms with Crippen LogP contribution in [0.5, 0.6) is 0 Å². The molecule has 4 heteroatoms. The molecule has 0 unspecified atom stereocenters. The number of fused-ring (bicyclic) bond motifs is 1. The highest BCUT2D eigenvalue weighted by molar-refractivity contribution is 5.72. The van der Waals surface area contributed by atoms with Gasteiger partial charge >= 0.3 is 11.9 Å². The van der Waals surface area contributed by atoms with Gasteiger partial charge in [0.2, 0.25) is 0 Å². The Labute approximate surface area is 146 Å². The second-order valence-electron chi connectivity index (χ2n) is 8.25. The van der Waals surface area contributed by atoms with Gasteiger partial charge in [-0.15, -0.1) is 0 Å². The maximum Gasteiger partial charge on any atom is 0.308 e. The highest BCUT2D eigenvalue weighted by Gasteiger charge is 2.48. The van der Waals surface area contributed by atoms with E-state index in [0.29, 0.717) is 11.8 Å². The fourth-order valence-corrected chi connectivity index (χ4v) is 4.41. The van der Waals surface area contributed by atoms with Crippen LogP contribution in [0.15, 0.2) is 12.2 Å². The van der Waals surface area contributed by atoms with Crippen molar-refractivity contribution in [3.8, 4) is 0 Å². The Morgan fingerprint density at radius 2 is 1.79 bits per heavy atom. The maximum atomic E-state index is 12.0. The summed E-state index contributed by atoms with van der Waals surface area (Å²) in [5.74, 6) is 0.122. The number of rotatable bonds is 4. The first-order valence-corrected chi connectivity index (χ1v) is 9.16. The van der Waals surface area contributed by atoms with Gasteiger partial charge in [-0.1, -0.05) is 34.3 Å². The summed E-state index contributed by atoms with van der Waals surface area (Å²) in [4.78, 5) is 23.9. The van der Waals surface area contributed by atoms with E-state index >= 15 is 0 Å². The van der Waals surface area contributed by atoms with Gasteiger partial charge in [0.05, 0.1) is 18.9 Å². The predicted molar refractivity (Wildman–Crippen MR) is 93.2 cm³/mol. The average molecular weight is 336 g/mol. The first-order valence-electron chi connectivity index (χ1n) is 9.16. The number of ether oxygens (including phenoxy) is 2. The van der Waals surface area contributed by atoms with Crippen LogP contribution in [0.4, 0.5) is 0 Å². The molecular weight excluding hydrogens is 304 g/mol. The van der Waals surface area contributed by atoms with Crippen molar-refractivity contribution < 1.29 is 19.1 Å². The third-order valence-electron chi connectivity index (χ3n) is 6.31. The van der Waals surface area contributed by atoms with E-state index in [1.165, 1.54) is 7.11 Å². The number of carbonyl (C=O) groups excluding carboxylic acids is 2. The van der Waals surface area contributed by atoms with Crippen LogP contribution in [0, 0.1) is 29.1 Å². The van der Waals surface area contributed by atoms with Crippen LogP contribution in [-0.2, 0) is 19.1 Å². The molecule has 4 nitrogen and oxygen atoms in total. The van der Waals surface area contributed by atoms with Crippen molar-refractivity contribution in [1.29, 1.82) is 0 Å². The number of hydrogen-bond donors (Lipinski definition) is 0. The largest absolute Gasteiger partial charge is 0.469 e. The lowest BCUT2D eigenvalue weighted by atomic mass is 9.55. The van der Waals surface area contributed by atoms with Gasteiger partial charge in [-0.3, -0.25) is 9.59 Å². The quantitative estimate of drug-likeness (QED) is 0.572. The lowest BCUT2D eigenvalue weighted by Gasteiger charge is -2.51. The van der Waals surface area contributed by atoms with Crippen LogP contribution in [0.3, 0.4) is 0 Å². The van der Waals surface area contributed by atoms with Crippen LogP contribution in [0.1, 0.15) is 59.8 Å². The van der Waals surface area contributed by atoms with Crippen molar-refractivity contribution >= 4 is 11.9 Å². The van der Waals surface area contributed by atoms with E-state index in [1.807, 2.05) is 20.8 Å². The zero-order valence-corrected chi connectivity index (χ0v) is 15.8. The zero-order chi connectivity index (χ0) is 18.1. The SMILES string of the molecule is C=C1[C@@H](OC(=O)C(C)C)CC[C@]2(C)CC[C@@H]([C@@H](C)C(=O)OC)C[C@@H]12. The normalized spacial score (nSPS) is 34.4. The molecule has 0 aromatic rings. The summed E-state index contributed by atoms with van der Waals surface area (Å²) in [5.41, 5.74) is 1.25. The monoisotopic (exact) mass is 336 g/mol. The summed E-state index contributed by atoms with van der Waals surface area (Å²) in [5, 5.41) is 0. The molecule has 0 radical (unpaired) electrons. The Hall–Kier alpha value is -1.32. The Bertz CT molecular complexity index is 510. The van der Waals surface area contributed by atoms with E-state index in [0.717, 1.165) is 37.7 Å². The van der Waals surface area contributed by atoms with Crippen molar-refractivity contribution in [1.82, 2.24) is 0 Å². The molecule has 2 rings (SSSR count). The summed E-state index contributed by atoms with van der Waals surface area (Å²) >= 11 is 0.